The molecule has 4 heteroatoms. The molecule has 0 spiro atoms. The van der Waals surface area contributed by atoms with Crippen molar-refractivity contribution in [3.8, 4) is 5.75 Å². The van der Waals surface area contributed by atoms with E-state index in [4.69, 9.17) is 16.3 Å². The molecule has 0 saturated heterocycles. The largest absolute Gasteiger partial charge is 0.493 e. The fraction of sp³-hybridized carbons (Fsp3) is 0.400. The zero-order valence-corrected chi connectivity index (χ0v) is 15.6. The van der Waals surface area contributed by atoms with Gasteiger partial charge in [-0.3, -0.25) is 0 Å². The molecule has 24 heavy (non-hydrogen) atoms. The Kier molecular flexibility index (Phi) is 7.57. The lowest BCUT2D eigenvalue weighted by Crippen LogP contribution is -2.21. The molecule has 0 heterocycles. The van der Waals surface area contributed by atoms with E-state index in [1.807, 2.05) is 38.4 Å². The molecule has 0 saturated carbocycles. The molecule has 0 aliphatic rings. The lowest BCUT2D eigenvalue weighted by atomic mass is 10.2. The van der Waals surface area contributed by atoms with Crippen molar-refractivity contribution in [1.29, 1.82) is 0 Å². The van der Waals surface area contributed by atoms with Crippen LogP contribution in [-0.2, 0) is 13.1 Å². The van der Waals surface area contributed by atoms with Gasteiger partial charge in [-0.15, -0.1) is 0 Å². The maximum absolute atomic E-state index is 6.31. The van der Waals surface area contributed by atoms with Gasteiger partial charge in [-0.2, -0.15) is 0 Å². The second kappa shape index (κ2) is 9.67. The summed E-state index contributed by atoms with van der Waals surface area (Å²) in [7, 11) is 6.21. The highest BCUT2D eigenvalue weighted by molar-refractivity contribution is 6.31. The van der Waals surface area contributed by atoms with Gasteiger partial charge in [-0.05, 0) is 45.3 Å². The van der Waals surface area contributed by atoms with E-state index < -0.39 is 0 Å². The van der Waals surface area contributed by atoms with E-state index in [0.29, 0.717) is 6.61 Å². The predicted molar refractivity (Wildman–Crippen MR) is 102 cm³/mol. The Morgan fingerprint density at radius 1 is 0.917 bits per heavy atom. The molecule has 3 nitrogen and oxygen atoms in total. The molecule has 0 unspecified atom stereocenters. The Bertz CT molecular complexity index is 616. The molecule has 2 rings (SSSR count). The van der Waals surface area contributed by atoms with Crippen molar-refractivity contribution >= 4 is 11.6 Å². The van der Waals surface area contributed by atoms with Crippen molar-refractivity contribution in [3.63, 3.8) is 0 Å². The third kappa shape index (κ3) is 6.16. The molecular weight excluding hydrogens is 320 g/mol. The Hall–Kier alpha value is -1.55. The lowest BCUT2D eigenvalue weighted by Gasteiger charge is -2.18. The fourth-order valence-electron chi connectivity index (χ4n) is 2.63. The zero-order valence-electron chi connectivity index (χ0n) is 14.8. The third-order valence-electron chi connectivity index (χ3n) is 3.79. The summed E-state index contributed by atoms with van der Waals surface area (Å²) in [6.07, 6.45) is 0.983. The van der Waals surface area contributed by atoms with Crippen LogP contribution in [0.15, 0.2) is 48.5 Å². The summed E-state index contributed by atoms with van der Waals surface area (Å²) in [6, 6.07) is 16.4. The molecule has 0 aliphatic carbocycles. The van der Waals surface area contributed by atoms with Gasteiger partial charge in [0.05, 0.1) is 6.61 Å². The van der Waals surface area contributed by atoms with Crippen LogP contribution in [0, 0.1) is 0 Å². The highest BCUT2D eigenvalue weighted by atomic mass is 35.5. The summed E-state index contributed by atoms with van der Waals surface area (Å²) in [6.45, 7) is 3.44. The normalized spacial score (nSPS) is 11.2. The summed E-state index contributed by atoms with van der Waals surface area (Å²) in [5.74, 6) is 0.891. The van der Waals surface area contributed by atoms with Crippen molar-refractivity contribution in [2.75, 3.05) is 34.3 Å². The van der Waals surface area contributed by atoms with Gasteiger partial charge in [0.25, 0.3) is 0 Å². The van der Waals surface area contributed by atoms with E-state index in [1.165, 1.54) is 5.56 Å². The standard InChI is InChI=1S/C20H27ClN2O/c1-22(2)16-18-19(21)11-7-12-20(18)24-14-8-13-23(3)15-17-9-5-4-6-10-17/h4-7,9-12H,8,13-16H2,1-3H3. The highest BCUT2D eigenvalue weighted by Crippen LogP contribution is 2.27. The van der Waals surface area contributed by atoms with Gasteiger partial charge in [0.2, 0.25) is 0 Å². The molecule has 0 N–H and O–H groups in total. The van der Waals surface area contributed by atoms with E-state index in [9.17, 15) is 0 Å². The Morgan fingerprint density at radius 2 is 1.67 bits per heavy atom. The lowest BCUT2D eigenvalue weighted by molar-refractivity contribution is 0.255. The van der Waals surface area contributed by atoms with Gasteiger partial charge in [0.15, 0.2) is 0 Å². The average molecular weight is 347 g/mol. The van der Waals surface area contributed by atoms with Crippen molar-refractivity contribution in [2.24, 2.45) is 0 Å². The van der Waals surface area contributed by atoms with Gasteiger partial charge in [0.1, 0.15) is 5.75 Å². The Balaban J connectivity index is 1.79. The Morgan fingerprint density at radius 3 is 2.38 bits per heavy atom. The van der Waals surface area contributed by atoms with E-state index in [1.54, 1.807) is 0 Å². The first-order valence-corrected chi connectivity index (χ1v) is 8.71. The molecular formula is C20H27ClN2O. The van der Waals surface area contributed by atoms with Crippen molar-refractivity contribution in [2.45, 2.75) is 19.5 Å². The van der Waals surface area contributed by atoms with E-state index in [2.05, 4.69) is 41.1 Å². The van der Waals surface area contributed by atoms with Crippen molar-refractivity contribution < 1.29 is 4.74 Å². The molecule has 130 valence electrons. The first-order valence-electron chi connectivity index (χ1n) is 8.33. The first-order chi connectivity index (χ1) is 11.6. The molecule has 0 amide bonds. The number of rotatable bonds is 9. The maximum atomic E-state index is 6.31. The number of ether oxygens (including phenoxy) is 1. The van der Waals surface area contributed by atoms with Crippen molar-refractivity contribution in [1.82, 2.24) is 9.80 Å². The van der Waals surface area contributed by atoms with Crippen LogP contribution >= 0.6 is 11.6 Å². The minimum absolute atomic E-state index is 0.694. The van der Waals surface area contributed by atoms with E-state index in [0.717, 1.165) is 42.4 Å². The molecule has 2 aromatic carbocycles. The molecule has 2 aromatic rings. The van der Waals surface area contributed by atoms with E-state index in [-0.39, 0.29) is 0 Å². The zero-order chi connectivity index (χ0) is 17.4. The van der Waals surface area contributed by atoms with Crippen LogP contribution in [0.2, 0.25) is 5.02 Å². The van der Waals surface area contributed by atoms with Gasteiger partial charge in [-0.1, -0.05) is 48.0 Å². The van der Waals surface area contributed by atoms with Gasteiger partial charge in [0, 0.05) is 30.2 Å². The topological polar surface area (TPSA) is 15.7 Å². The van der Waals surface area contributed by atoms with Crippen LogP contribution in [0.4, 0.5) is 0 Å². The van der Waals surface area contributed by atoms with Gasteiger partial charge in [-0.25, -0.2) is 0 Å². The SMILES string of the molecule is CN(C)Cc1c(Cl)cccc1OCCCN(C)Cc1ccccc1. The summed E-state index contributed by atoms with van der Waals surface area (Å²) in [4.78, 5) is 4.42. The molecule has 0 atom stereocenters. The molecule has 0 aromatic heterocycles. The summed E-state index contributed by atoms with van der Waals surface area (Å²) in [5.41, 5.74) is 2.39. The van der Waals surface area contributed by atoms with Gasteiger partial charge < -0.3 is 14.5 Å². The fourth-order valence-corrected chi connectivity index (χ4v) is 2.86. The number of hydrogen-bond donors (Lipinski definition) is 0. The summed E-state index contributed by atoms with van der Waals surface area (Å²) in [5, 5.41) is 0.766. The minimum atomic E-state index is 0.694. The average Bonchev–Trinajstić information content (AvgIpc) is 2.55. The smallest absolute Gasteiger partial charge is 0.125 e. The van der Waals surface area contributed by atoms with E-state index >= 15 is 0 Å². The third-order valence-corrected chi connectivity index (χ3v) is 4.14. The van der Waals surface area contributed by atoms with Crippen LogP contribution in [0.5, 0.6) is 5.75 Å². The predicted octanol–water partition coefficient (Wildman–Crippen LogP) is 4.30. The monoisotopic (exact) mass is 346 g/mol. The number of benzene rings is 2. The summed E-state index contributed by atoms with van der Waals surface area (Å²) < 4.78 is 5.98. The Labute approximate surface area is 150 Å². The molecule has 0 bridgehead atoms. The second-order valence-electron chi connectivity index (χ2n) is 6.38. The second-order valence-corrected chi connectivity index (χ2v) is 6.79. The first kappa shape index (κ1) is 18.8. The summed E-state index contributed by atoms with van der Waals surface area (Å²) >= 11 is 6.31. The number of halogens is 1. The molecule has 0 fully saturated rings. The van der Waals surface area contributed by atoms with Crippen LogP contribution in [0.1, 0.15) is 17.5 Å². The quantitative estimate of drug-likeness (QED) is 0.629. The van der Waals surface area contributed by atoms with Crippen LogP contribution < -0.4 is 4.74 Å². The van der Waals surface area contributed by atoms with Crippen LogP contribution in [0.3, 0.4) is 0 Å². The highest BCUT2D eigenvalue weighted by Gasteiger charge is 2.09. The molecule has 0 radical (unpaired) electrons. The van der Waals surface area contributed by atoms with Gasteiger partial charge >= 0.3 is 0 Å². The minimum Gasteiger partial charge on any atom is -0.493 e. The van der Waals surface area contributed by atoms with Crippen LogP contribution in [0.25, 0.3) is 0 Å². The number of nitrogens with zero attached hydrogens (tertiary/aromatic N) is 2. The molecule has 0 aliphatic heterocycles. The van der Waals surface area contributed by atoms with Crippen molar-refractivity contribution in [3.05, 3.63) is 64.7 Å². The maximum Gasteiger partial charge on any atom is 0.125 e. The van der Waals surface area contributed by atoms with Crippen LogP contribution in [-0.4, -0.2) is 44.1 Å². The number of hydrogen-bond acceptors (Lipinski definition) is 3.